The summed E-state index contributed by atoms with van der Waals surface area (Å²) in [6.07, 6.45) is 1.06. The number of hydrogen-bond acceptors (Lipinski definition) is 4. The van der Waals surface area contributed by atoms with Crippen LogP contribution < -0.4 is 20.7 Å². The second-order valence-electron chi connectivity index (χ2n) is 8.43. The number of rotatable bonds is 9. The number of nitrogens with one attached hydrogen (secondary N) is 3. The topological polar surface area (TPSA) is 79.5 Å². The minimum Gasteiger partial charge on any atom is -0.492 e. The third-order valence-electron chi connectivity index (χ3n) is 5.52. The summed E-state index contributed by atoms with van der Waals surface area (Å²) < 4.78 is 6.54. The second-order valence-corrected chi connectivity index (χ2v) is 9.69. The molecule has 0 radical (unpaired) electrons. The van der Waals surface area contributed by atoms with E-state index in [-0.39, 0.29) is 23.3 Å². The van der Waals surface area contributed by atoms with Gasteiger partial charge in [-0.15, -0.1) is 0 Å². The molecule has 0 atom stereocenters. The fourth-order valence-electron chi connectivity index (χ4n) is 3.68. The lowest BCUT2D eigenvalue weighted by atomic mass is 10.1. The Hall–Kier alpha value is -4.01. The van der Waals surface area contributed by atoms with Gasteiger partial charge in [0.2, 0.25) is 5.91 Å². The first-order valence-electron chi connectivity index (χ1n) is 12.0. The molecule has 0 heterocycles. The summed E-state index contributed by atoms with van der Waals surface area (Å²) >= 11 is 8.81. The molecule has 0 aliphatic carbocycles. The van der Waals surface area contributed by atoms with E-state index in [4.69, 9.17) is 17.0 Å². The molecule has 3 N–H and O–H groups in total. The van der Waals surface area contributed by atoms with Gasteiger partial charge < -0.3 is 15.4 Å². The maximum atomic E-state index is 12.7. The Labute approximate surface area is 235 Å². The zero-order chi connectivity index (χ0) is 26.7. The Morgan fingerprint density at radius 2 is 1.42 bits per heavy atom. The monoisotopic (exact) mass is 587 g/mol. The zero-order valence-corrected chi connectivity index (χ0v) is 22.8. The molecule has 4 aromatic rings. The lowest BCUT2D eigenvalue weighted by Gasteiger charge is -2.13. The average Bonchev–Trinajstić information content (AvgIpc) is 2.91. The summed E-state index contributed by atoms with van der Waals surface area (Å²) in [4.78, 5) is 25.1. The number of carbonyl (C=O) groups is 2. The van der Waals surface area contributed by atoms with Crippen LogP contribution in [0.3, 0.4) is 0 Å². The molecule has 4 aromatic carbocycles. The molecule has 0 saturated carbocycles. The van der Waals surface area contributed by atoms with E-state index in [0.29, 0.717) is 33.8 Å². The van der Waals surface area contributed by atoms with Crippen molar-refractivity contribution >= 4 is 56.4 Å². The van der Waals surface area contributed by atoms with Crippen molar-refractivity contribution in [3.8, 4) is 5.75 Å². The fourth-order valence-corrected chi connectivity index (χ4v) is 4.39. The fraction of sp³-hybridized carbons (Fsp3) is 0.100. The highest BCUT2D eigenvalue weighted by molar-refractivity contribution is 9.10. The maximum absolute atomic E-state index is 12.7. The van der Waals surface area contributed by atoms with E-state index in [1.165, 1.54) is 5.56 Å². The van der Waals surface area contributed by atoms with Crippen molar-refractivity contribution in [1.82, 2.24) is 5.32 Å². The number of anilines is 2. The summed E-state index contributed by atoms with van der Waals surface area (Å²) in [5.41, 5.74) is 3.81. The molecule has 0 bridgehead atoms. The molecule has 2 amide bonds. The van der Waals surface area contributed by atoms with Crippen LogP contribution in [-0.4, -0.2) is 23.5 Å². The van der Waals surface area contributed by atoms with Crippen LogP contribution >= 0.6 is 28.1 Å². The molecule has 8 heteroatoms. The van der Waals surface area contributed by atoms with E-state index in [0.717, 1.165) is 12.0 Å². The van der Waals surface area contributed by atoms with E-state index in [2.05, 4.69) is 44.0 Å². The number of halogens is 1. The van der Waals surface area contributed by atoms with Gasteiger partial charge in [-0.05, 0) is 75.7 Å². The lowest BCUT2D eigenvalue weighted by Crippen LogP contribution is -2.34. The Bertz CT molecular complexity index is 1410. The van der Waals surface area contributed by atoms with Crippen LogP contribution in [0.15, 0.2) is 108 Å². The summed E-state index contributed by atoms with van der Waals surface area (Å²) in [6.45, 7) is 0.522. The van der Waals surface area contributed by atoms with Crippen molar-refractivity contribution in [3.63, 3.8) is 0 Å². The van der Waals surface area contributed by atoms with Crippen LogP contribution in [0.25, 0.3) is 0 Å². The Balaban J connectivity index is 1.27. The van der Waals surface area contributed by atoms with Crippen LogP contribution in [-0.2, 0) is 17.6 Å². The molecule has 0 unspecified atom stereocenters. The van der Waals surface area contributed by atoms with Crippen molar-refractivity contribution in [3.05, 3.63) is 124 Å². The highest BCUT2D eigenvalue weighted by Crippen LogP contribution is 2.26. The summed E-state index contributed by atoms with van der Waals surface area (Å²) in [5.74, 6) is 0.179. The number of carbonyl (C=O) groups excluding carboxylic acids is 2. The molecule has 0 saturated heterocycles. The molecule has 38 heavy (non-hydrogen) atoms. The number of ether oxygens (including phenoxy) is 1. The average molecular weight is 589 g/mol. The van der Waals surface area contributed by atoms with Gasteiger partial charge in [0.05, 0.1) is 17.5 Å². The Morgan fingerprint density at radius 1 is 0.763 bits per heavy atom. The number of thiocarbonyl (C=S) groups is 1. The predicted octanol–water partition coefficient (Wildman–Crippen LogP) is 6.38. The molecule has 6 nitrogen and oxygen atoms in total. The summed E-state index contributed by atoms with van der Waals surface area (Å²) in [6, 6.07) is 31.9. The van der Waals surface area contributed by atoms with Gasteiger partial charge in [-0.1, -0.05) is 66.7 Å². The van der Waals surface area contributed by atoms with E-state index in [9.17, 15) is 9.59 Å². The molecule has 0 spiro atoms. The second kappa shape index (κ2) is 13.5. The first-order chi connectivity index (χ1) is 18.5. The van der Waals surface area contributed by atoms with E-state index in [1.807, 2.05) is 48.5 Å². The van der Waals surface area contributed by atoms with Crippen LogP contribution in [0.2, 0.25) is 0 Å². The maximum Gasteiger partial charge on any atom is 0.257 e. The van der Waals surface area contributed by atoms with Gasteiger partial charge in [-0.3, -0.25) is 14.9 Å². The van der Waals surface area contributed by atoms with Crippen LogP contribution in [0.4, 0.5) is 11.4 Å². The number of amides is 2. The largest absolute Gasteiger partial charge is 0.492 e. The van der Waals surface area contributed by atoms with Crippen LogP contribution in [0.5, 0.6) is 5.75 Å². The molecular weight excluding hydrogens is 562 g/mol. The Kier molecular flexibility index (Phi) is 9.61. The smallest absolute Gasteiger partial charge is 0.257 e. The molecule has 0 aromatic heterocycles. The standard InChI is InChI=1S/C30H26BrN3O3S/c31-26-19-23(14-15-27(26)37-17-16-21-8-3-1-4-9-21)29(36)34-30(38)33-25-13-7-12-24(20-25)32-28(35)18-22-10-5-2-6-11-22/h1-15,19-20H,16-18H2,(H,32,35)(H2,33,34,36,38). The zero-order valence-electron chi connectivity index (χ0n) is 20.4. The minimum atomic E-state index is -0.355. The Morgan fingerprint density at radius 3 is 2.11 bits per heavy atom. The highest BCUT2D eigenvalue weighted by atomic mass is 79.9. The van der Waals surface area contributed by atoms with Crippen LogP contribution in [0, 0.1) is 0 Å². The van der Waals surface area contributed by atoms with Crippen molar-refractivity contribution in [2.45, 2.75) is 12.8 Å². The van der Waals surface area contributed by atoms with Gasteiger partial charge in [0.25, 0.3) is 5.91 Å². The van der Waals surface area contributed by atoms with Crippen LogP contribution in [0.1, 0.15) is 21.5 Å². The molecule has 0 aliphatic heterocycles. The first kappa shape index (κ1) is 27.0. The quantitative estimate of drug-likeness (QED) is 0.198. The lowest BCUT2D eigenvalue weighted by molar-refractivity contribution is -0.115. The van der Waals surface area contributed by atoms with Crippen molar-refractivity contribution in [2.24, 2.45) is 0 Å². The van der Waals surface area contributed by atoms with Gasteiger partial charge in [0.15, 0.2) is 5.11 Å². The van der Waals surface area contributed by atoms with Crippen molar-refractivity contribution in [2.75, 3.05) is 17.2 Å². The SMILES string of the molecule is O=C(Cc1ccccc1)Nc1cccc(NC(=S)NC(=O)c2ccc(OCCc3ccccc3)c(Br)c2)c1. The van der Waals surface area contributed by atoms with Gasteiger partial charge >= 0.3 is 0 Å². The van der Waals surface area contributed by atoms with Gasteiger partial charge in [0, 0.05) is 23.4 Å². The van der Waals surface area contributed by atoms with Gasteiger partial charge in [0.1, 0.15) is 5.75 Å². The van der Waals surface area contributed by atoms with E-state index < -0.39 is 0 Å². The number of hydrogen-bond donors (Lipinski definition) is 3. The summed E-state index contributed by atoms with van der Waals surface area (Å²) in [7, 11) is 0. The highest BCUT2D eigenvalue weighted by Gasteiger charge is 2.12. The third kappa shape index (κ3) is 8.26. The minimum absolute atomic E-state index is 0.123. The van der Waals surface area contributed by atoms with E-state index in [1.54, 1.807) is 42.5 Å². The third-order valence-corrected chi connectivity index (χ3v) is 6.35. The summed E-state index contributed by atoms with van der Waals surface area (Å²) in [5, 5.41) is 8.69. The van der Waals surface area contributed by atoms with Gasteiger partial charge in [-0.25, -0.2) is 0 Å². The first-order valence-corrected chi connectivity index (χ1v) is 13.2. The normalized spacial score (nSPS) is 10.3. The number of benzene rings is 4. The van der Waals surface area contributed by atoms with Crippen molar-refractivity contribution in [1.29, 1.82) is 0 Å². The molecule has 0 fully saturated rings. The predicted molar refractivity (Wildman–Crippen MR) is 159 cm³/mol. The van der Waals surface area contributed by atoms with E-state index >= 15 is 0 Å². The molecule has 192 valence electrons. The molecular formula is C30H26BrN3O3S. The van der Waals surface area contributed by atoms with Crippen molar-refractivity contribution < 1.29 is 14.3 Å². The molecule has 4 rings (SSSR count). The molecule has 0 aliphatic rings. The van der Waals surface area contributed by atoms with Gasteiger partial charge in [-0.2, -0.15) is 0 Å².